The van der Waals surface area contributed by atoms with Gasteiger partial charge in [0.2, 0.25) is 5.88 Å². The number of nitrogens with zero attached hydrogens (tertiary/aromatic N) is 8. The summed E-state index contributed by atoms with van der Waals surface area (Å²) in [5, 5.41) is 4.98. The molecular weight excluding hydrogens is 509 g/mol. The van der Waals surface area contributed by atoms with Gasteiger partial charge >= 0.3 is 6.18 Å². The van der Waals surface area contributed by atoms with Crippen LogP contribution in [-0.4, -0.2) is 47.4 Å². The van der Waals surface area contributed by atoms with E-state index in [1.807, 2.05) is 17.8 Å². The van der Waals surface area contributed by atoms with E-state index in [0.29, 0.717) is 17.4 Å². The quantitative estimate of drug-likeness (QED) is 0.361. The van der Waals surface area contributed by atoms with Gasteiger partial charge in [0, 0.05) is 61.7 Å². The van der Waals surface area contributed by atoms with Gasteiger partial charge in [-0.15, -0.1) is 0 Å². The zero-order valence-corrected chi connectivity index (χ0v) is 21.8. The summed E-state index contributed by atoms with van der Waals surface area (Å²) in [7, 11) is 5.17. The van der Waals surface area contributed by atoms with E-state index >= 15 is 0 Å². The number of pyridine rings is 1. The lowest BCUT2D eigenvalue weighted by Gasteiger charge is -2.36. The average Bonchev–Trinajstić information content (AvgIpc) is 3.52. The van der Waals surface area contributed by atoms with Gasteiger partial charge < -0.3 is 14.2 Å². The molecule has 3 aliphatic rings. The van der Waals surface area contributed by atoms with Crippen LogP contribution in [0.4, 0.5) is 19.0 Å². The summed E-state index contributed by atoms with van der Waals surface area (Å²) < 4.78 is 48.6. The van der Waals surface area contributed by atoms with E-state index in [1.165, 1.54) is 10.3 Å². The van der Waals surface area contributed by atoms with Crippen molar-refractivity contribution in [3.63, 3.8) is 0 Å². The lowest BCUT2D eigenvalue weighted by molar-refractivity contribution is -0.140. The van der Waals surface area contributed by atoms with Crippen LogP contribution in [0.15, 0.2) is 30.9 Å². The first kappa shape index (κ1) is 24.1. The van der Waals surface area contributed by atoms with Crippen LogP contribution in [0.25, 0.3) is 22.6 Å². The van der Waals surface area contributed by atoms with Gasteiger partial charge in [0.05, 0.1) is 24.4 Å². The highest BCUT2D eigenvalue weighted by Gasteiger charge is 2.45. The van der Waals surface area contributed by atoms with E-state index < -0.39 is 11.9 Å². The van der Waals surface area contributed by atoms with Crippen molar-refractivity contribution in [2.24, 2.45) is 14.1 Å². The van der Waals surface area contributed by atoms with E-state index in [4.69, 9.17) is 14.8 Å². The zero-order chi connectivity index (χ0) is 27.1. The molecule has 2 unspecified atom stereocenters. The molecule has 2 bridgehead atoms. The van der Waals surface area contributed by atoms with Gasteiger partial charge in [-0.05, 0) is 37.8 Å². The smallest absolute Gasteiger partial charge is 0.434 e. The molecule has 1 aliphatic carbocycles. The third-order valence-corrected chi connectivity index (χ3v) is 8.14. The first-order chi connectivity index (χ1) is 18.7. The van der Waals surface area contributed by atoms with Crippen molar-refractivity contribution in [3.05, 3.63) is 53.5 Å². The SMILES string of the molecule is COc1ncnc(C2CC2)c1-c1nn(C)c2c1C1CCC(C2)N1c1ccc(-c2nc(C(F)(F)F)cn2C)cn1. The highest BCUT2D eigenvalue weighted by Crippen LogP contribution is 2.52. The summed E-state index contributed by atoms with van der Waals surface area (Å²) in [5.41, 5.74) is 4.71. The topological polar surface area (TPSA) is 86.8 Å². The van der Waals surface area contributed by atoms with Crippen molar-refractivity contribution in [2.75, 3.05) is 12.0 Å². The van der Waals surface area contributed by atoms with Gasteiger partial charge in [-0.3, -0.25) is 4.68 Å². The Morgan fingerprint density at radius 2 is 1.85 bits per heavy atom. The molecular formula is C27H27F3N8O. The fraction of sp³-hybridized carbons (Fsp3) is 0.444. The van der Waals surface area contributed by atoms with Crippen molar-refractivity contribution in [3.8, 4) is 28.5 Å². The van der Waals surface area contributed by atoms with Crippen molar-refractivity contribution in [1.29, 1.82) is 0 Å². The largest absolute Gasteiger partial charge is 0.480 e. The highest BCUT2D eigenvalue weighted by atomic mass is 19.4. The van der Waals surface area contributed by atoms with Gasteiger partial charge in [0.1, 0.15) is 23.7 Å². The minimum absolute atomic E-state index is 0.0581. The van der Waals surface area contributed by atoms with Crippen LogP contribution in [0.5, 0.6) is 5.88 Å². The van der Waals surface area contributed by atoms with E-state index in [2.05, 4.69) is 19.9 Å². The van der Waals surface area contributed by atoms with Crippen LogP contribution in [-0.2, 0) is 26.7 Å². The normalized spacial score (nSPS) is 20.4. The number of imidazole rings is 1. The number of ether oxygens (including phenoxy) is 1. The number of hydrogen-bond acceptors (Lipinski definition) is 7. The molecule has 39 heavy (non-hydrogen) atoms. The molecule has 1 saturated heterocycles. The Morgan fingerprint density at radius 3 is 2.51 bits per heavy atom. The molecule has 6 heterocycles. The Kier molecular flexibility index (Phi) is 5.27. The lowest BCUT2D eigenvalue weighted by atomic mass is 9.93. The first-order valence-corrected chi connectivity index (χ1v) is 13.0. The number of aryl methyl sites for hydroxylation is 2. The molecule has 9 nitrogen and oxygen atoms in total. The van der Waals surface area contributed by atoms with Crippen LogP contribution in [0.3, 0.4) is 0 Å². The summed E-state index contributed by atoms with van der Waals surface area (Å²) >= 11 is 0. The monoisotopic (exact) mass is 536 g/mol. The molecule has 2 aliphatic heterocycles. The fourth-order valence-corrected chi connectivity index (χ4v) is 6.26. The molecule has 2 fully saturated rings. The Bertz CT molecular complexity index is 1570. The predicted octanol–water partition coefficient (Wildman–Crippen LogP) is 4.84. The Hall–Kier alpha value is -3.96. The van der Waals surface area contributed by atoms with Gasteiger partial charge in [0.15, 0.2) is 5.69 Å². The number of halogens is 3. The van der Waals surface area contributed by atoms with Crippen LogP contribution >= 0.6 is 0 Å². The number of aromatic nitrogens is 7. The molecule has 1 saturated carbocycles. The third kappa shape index (κ3) is 3.79. The van der Waals surface area contributed by atoms with E-state index in [-0.39, 0.29) is 17.9 Å². The Balaban J connectivity index is 1.27. The molecule has 4 aromatic rings. The second-order valence-corrected chi connectivity index (χ2v) is 10.6. The molecule has 2 atom stereocenters. The van der Waals surface area contributed by atoms with Gasteiger partial charge in [-0.25, -0.2) is 19.9 Å². The summed E-state index contributed by atoms with van der Waals surface area (Å²) in [6, 6.07) is 3.99. The molecule has 202 valence electrons. The number of anilines is 1. The average molecular weight is 537 g/mol. The van der Waals surface area contributed by atoms with Crippen molar-refractivity contribution in [2.45, 2.75) is 56.3 Å². The zero-order valence-electron chi connectivity index (χ0n) is 21.8. The van der Waals surface area contributed by atoms with Gasteiger partial charge in [-0.2, -0.15) is 18.3 Å². The van der Waals surface area contributed by atoms with E-state index in [0.717, 1.165) is 66.6 Å². The maximum atomic E-state index is 13.2. The van der Waals surface area contributed by atoms with E-state index in [1.54, 1.807) is 32.7 Å². The molecule has 12 heteroatoms. The second kappa shape index (κ2) is 8.52. The molecule has 0 spiro atoms. The molecule has 0 radical (unpaired) electrons. The number of alkyl halides is 3. The Morgan fingerprint density at radius 1 is 1.03 bits per heavy atom. The highest BCUT2D eigenvalue weighted by molar-refractivity contribution is 5.74. The van der Waals surface area contributed by atoms with Crippen LogP contribution in [0.2, 0.25) is 0 Å². The Labute approximate surface area is 222 Å². The number of methoxy groups -OCH3 is 1. The standard InChI is InChI=1S/C27H27F3N8O/c1-36-12-19(27(28,29)30)34-25(36)15-6-9-20(31-11-15)38-16-7-8-17(38)21-18(10-16)37(2)35-24(21)22-23(14-4-5-14)32-13-33-26(22)39-3/h6,9,11-14,16-17H,4-5,7-8,10H2,1-3H3. The van der Waals surface area contributed by atoms with Crippen molar-refractivity contribution in [1.82, 2.24) is 34.3 Å². The number of fused-ring (bicyclic) bond motifs is 4. The van der Waals surface area contributed by atoms with Crippen molar-refractivity contribution < 1.29 is 17.9 Å². The predicted molar refractivity (Wildman–Crippen MR) is 136 cm³/mol. The van der Waals surface area contributed by atoms with Crippen LogP contribution in [0.1, 0.15) is 60.3 Å². The summed E-state index contributed by atoms with van der Waals surface area (Å²) in [6.07, 6.45) is 4.63. The fourth-order valence-electron chi connectivity index (χ4n) is 6.26. The second-order valence-electron chi connectivity index (χ2n) is 10.6. The maximum Gasteiger partial charge on any atom is 0.434 e. The van der Waals surface area contributed by atoms with Gasteiger partial charge in [0.25, 0.3) is 0 Å². The summed E-state index contributed by atoms with van der Waals surface area (Å²) in [6.45, 7) is 0. The minimum Gasteiger partial charge on any atom is -0.480 e. The molecule has 4 aromatic heterocycles. The van der Waals surface area contributed by atoms with Crippen LogP contribution < -0.4 is 9.64 Å². The molecule has 0 aromatic carbocycles. The first-order valence-electron chi connectivity index (χ1n) is 13.0. The molecule has 0 amide bonds. The lowest BCUT2D eigenvalue weighted by Crippen LogP contribution is -2.38. The van der Waals surface area contributed by atoms with Crippen molar-refractivity contribution >= 4 is 5.82 Å². The summed E-state index contributed by atoms with van der Waals surface area (Å²) in [4.78, 5) is 19.9. The summed E-state index contributed by atoms with van der Waals surface area (Å²) in [5.74, 6) is 1.94. The third-order valence-electron chi connectivity index (χ3n) is 8.14. The number of rotatable bonds is 5. The minimum atomic E-state index is -4.50. The van der Waals surface area contributed by atoms with Crippen LogP contribution in [0, 0.1) is 0 Å². The number of hydrogen-bond donors (Lipinski definition) is 0. The molecule has 7 rings (SSSR count). The van der Waals surface area contributed by atoms with Gasteiger partial charge in [-0.1, -0.05) is 0 Å². The maximum absolute atomic E-state index is 13.2. The molecule has 0 N–H and O–H groups in total. The van der Waals surface area contributed by atoms with E-state index in [9.17, 15) is 13.2 Å².